The number of fused-ring (bicyclic) bond motifs is 1. The molecule has 1 aromatic heterocycles. The average Bonchev–Trinajstić information content (AvgIpc) is 2.84. The second kappa shape index (κ2) is 9.09. The fraction of sp³-hybridized carbons (Fsp3) is 0.739. The molecule has 1 saturated carbocycles. The summed E-state index contributed by atoms with van der Waals surface area (Å²) in [6.45, 7) is 8.37. The van der Waals surface area contributed by atoms with Crippen molar-refractivity contribution in [1.29, 1.82) is 5.26 Å². The first-order valence-corrected chi connectivity index (χ1v) is 11.7. The number of ether oxygens (including phenoxy) is 2. The molecule has 0 unspecified atom stereocenters. The fourth-order valence-electron chi connectivity index (χ4n) is 5.59. The van der Waals surface area contributed by atoms with E-state index in [9.17, 15) is 5.26 Å². The van der Waals surface area contributed by atoms with Gasteiger partial charge in [0.15, 0.2) is 5.82 Å². The van der Waals surface area contributed by atoms with Gasteiger partial charge in [-0.15, -0.1) is 0 Å². The Bertz CT molecular complexity index is 790. The summed E-state index contributed by atoms with van der Waals surface area (Å²) >= 11 is 0. The number of hydrogen-bond donors (Lipinski definition) is 0. The van der Waals surface area contributed by atoms with Crippen molar-refractivity contribution in [2.45, 2.75) is 51.1 Å². The van der Waals surface area contributed by atoms with Crippen LogP contribution >= 0.6 is 0 Å². The van der Waals surface area contributed by atoms with Gasteiger partial charge in [-0.3, -0.25) is 4.90 Å². The van der Waals surface area contributed by atoms with Crippen LogP contribution in [0.4, 0.5) is 11.5 Å². The predicted molar refractivity (Wildman–Crippen MR) is 116 cm³/mol. The van der Waals surface area contributed by atoms with E-state index in [1.54, 1.807) is 0 Å². The molecule has 5 rings (SSSR count). The Labute approximate surface area is 179 Å². The van der Waals surface area contributed by atoms with E-state index < -0.39 is 0 Å². The zero-order valence-electron chi connectivity index (χ0n) is 17.9. The normalized spacial score (nSPS) is 23.8. The molecule has 162 valence electrons. The van der Waals surface area contributed by atoms with Crippen LogP contribution in [0, 0.1) is 11.3 Å². The van der Waals surface area contributed by atoms with E-state index in [-0.39, 0.29) is 0 Å². The summed E-state index contributed by atoms with van der Waals surface area (Å²) in [6, 6.07) is 3.12. The van der Waals surface area contributed by atoms with Crippen LogP contribution in [0.15, 0.2) is 0 Å². The molecule has 3 fully saturated rings. The Hall–Kier alpha value is -1.88. The molecule has 3 aliphatic heterocycles. The summed E-state index contributed by atoms with van der Waals surface area (Å²) in [6.07, 6.45) is 7.65. The number of pyridine rings is 1. The molecule has 4 aliphatic rings. The first-order chi connectivity index (χ1) is 14.8. The highest BCUT2D eigenvalue weighted by atomic mass is 16.5. The van der Waals surface area contributed by atoms with E-state index in [0.717, 1.165) is 77.9 Å². The minimum atomic E-state index is 0.629. The van der Waals surface area contributed by atoms with E-state index in [1.165, 1.54) is 48.9 Å². The van der Waals surface area contributed by atoms with Gasteiger partial charge in [-0.25, -0.2) is 4.98 Å². The van der Waals surface area contributed by atoms with Crippen LogP contribution in [0.2, 0.25) is 0 Å². The van der Waals surface area contributed by atoms with Gasteiger partial charge in [0, 0.05) is 50.9 Å². The standard InChI is InChI=1S/C23H33N5O2/c24-16-21-20-17-28(18-4-2-1-3-5-18)7-6-19(20)22(26-8-12-29-13-9-26)23(25-21)27-10-14-30-15-11-27/h18H,1-15,17H2. The van der Waals surface area contributed by atoms with Crippen LogP contribution in [-0.2, 0) is 22.4 Å². The Balaban J connectivity index is 1.54. The minimum Gasteiger partial charge on any atom is -0.378 e. The lowest BCUT2D eigenvalue weighted by atomic mass is 9.90. The lowest BCUT2D eigenvalue weighted by Gasteiger charge is -2.41. The Morgan fingerprint density at radius 1 is 0.833 bits per heavy atom. The molecule has 7 heteroatoms. The van der Waals surface area contributed by atoms with Crippen molar-refractivity contribution < 1.29 is 9.47 Å². The molecule has 0 aromatic carbocycles. The number of hydrogen-bond acceptors (Lipinski definition) is 7. The highest BCUT2D eigenvalue weighted by molar-refractivity contribution is 5.75. The predicted octanol–water partition coefficient (Wildman–Crippen LogP) is 2.32. The first-order valence-electron chi connectivity index (χ1n) is 11.7. The number of morpholine rings is 2. The molecular formula is C23H33N5O2. The van der Waals surface area contributed by atoms with Crippen LogP contribution in [0.1, 0.15) is 48.9 Å². The number of nitrogens with zero attached hydrogens (tertiary/aromatic N) is 5. The Morgan fingerprint density at radius 2 is 1.50 bits per heavy atom. The van der Waals surface area contributed by atoms with E-state index in [1.807, 2.05) is 0 Å². The van der Waals surface area contributed by atoms with Crippen molar-refractivity contribution in [3.8, 4) is 6.07 Å². The van der Waals surface area contributed by atoms with Crippen LogP contribution in [0.5, 0.6) is 0 Å². The zero-order chi connectivity index (χ0) is 20.3. The van der Waals surface area contributed by atoms with E-state index in [0.29, 0.717) is 11.7 Å². The first kappa shape index (κ1) is 20.0. The monoisotopic (exact) mass is 411 g/mol. The molecule has 7 nitrogen and oxygen atoms in total. The molecule has 0 N–H and O–H groups in total. The molecule has 1 aromatic rings. The summed E-state index contributed by atoms with van der Waals surface area (Å²) in [5.41, 5.74) is 4.42. The van der Waals surface area contributed by atoms with E-state index >= 15 is 0 Å². The largest absolute Gasteiger partial charge is 0.378 e. The van der Waals surface area contributed by atoms with Crippen molar-refractivity contribution in [2.75, 3.05) is 69.0 Å². The van der Waals surface area contributed by atoms with Gasteiger partial charge in [0.2, 0.25) is 0 Å². The summed E-state index contributed by atoms with van der Waals surface area (Å²) < 4.78 is 11.2. The third-order valence-corrected chi connectivity index (χ3v) is 7.21. The summed E-state index contributed by atoms with van der Waals surface area (Å²) in [7, 11) is 0. The van der Waals surface area contributed by atoms with Gasteiger partial charge in [0.05, 0.1) is 32.1 Å². The molecule has 1 aliphatic carbocycles. The summed E-state index contributed by atoms with van der Waals surface area (Å²) in [5.74, 6) is 0.988. The summed E-state index contributed by atoms with van der Waals surface area (Å²) in [5, 5.41) is 10.0. The lowest BCUT2D eigenvalue weighted by molar-refractivity contribution is 0.120. The van der Waals surface area contributed by atoms with E-state index in [2.05, 4.69) is 20.8 Å². The van der Waals surface area contributed by atoms with Crippen molar-refractivity contribution in [3.05, 3.63) is 16.8 Å². The molecule has 2 saturated heterocycles. The van der Waals surface area contributed by atoms with Gasteiger partial charge in [-0.05, 0) is 24.8 Å². The molecule has 0 amide bonds. The van der Waals surface area contributed by atoms with Gasteiger partial charge < -0.3 is 19.3 Å². The minimum absolute atomic E-state index is 0.629. The van der Waals surface area contributed by atoms with Gasteiger partial charge in [0.1, 0.15) is 11.8 Å². The third kappa shape index (κ3) is 3.89. The quantitative estimate of drug-likeness (QED) is 0.756. The van der Waals surface area contributed by atoms with Crippen LogP contribution in [-0.4, -0.2) is 75.1 Å². The number of aromatic nitrogens is 1. The number of rotatable bonds is 3. The molecule has 0 atom stereocenters. The third-order valence-electron chi connectivity index (χ3n) is 7.21. The Morgan fingerprint density at radius 3 is 2.17 bits per heavy atom. The molecule has 0 spiro atoms. The second-order valence-electron chi connectivity index (χ2n) is 8.91. The van der Waals surface area contributed by atoms with Crippen LogP contribution in [0.25, 0.3) is 0 Å². The molecule has 0 bridgehead atoms. The van der Waals surface area contributed by atoms with Crippen molar-refractivity contribution in [2.24, 2.45) is 0 Å². The molecular weight excluding hydrogens is 378 g/mol. The maximum atomic E-state index is 10.0. The van der Waals surface area contributed by atoms with Crippen LogP contribution < -0.4 is 9.80 Å². The number of nitriles is 1. The lowest BCUT2D eigenvalue weighted by Crippen LogP contribution is -2.44. The second-order valence-corrected chi connectivity index (χ2v) is 8.91. The number of anilines is 2. The smallest absolute Gasteiger partial charge is 0.154 e. The maximum Gasteiger partial charge on any atom is 0.154 e. The van der Waals surface area contributed by atoms with Gasteiger partial charge in [-0.2, -0.15) is 5.26 Å². The van der Waals surface area contributed by atoms with Crippen LogP contribution in [0.3, 0.4) is 0 Å². The topological polar surface area (TPSA) is 64.9 Å². The maximum absolute atomic E-state index is 10.0. The van der Waals surface area contributed by atoms with E-state index in [4.69, 9.17) is 14.5 Å². The van der Waals surface area contributed by atoms with Gasteiger partial charge in [-0.1, -0.05) is 19.3 Å². The Kier molecular flexibility index (Phi) is 6.07. The highest BCUT2D eigenvalue weighted by Gasteiger charge is 2.33. The molecule has 0 radical (unpaired) electrons. The fourth-order valence-corrected chi connectivity index (χ4v) is 5.59. The van der Waals surface area contributed by atoms with Gasteiger partial charge >= 0.3 is 0 Å². The average molecular weight is 412 g/mol. The molecule has 4 heterocycles. The van der Waals surface area contributed by atoms with Crippen molar-refractivity contribution in [3.63, 3.8) is 0 Å². The highest BCUT2D eigenvalue weighted by Crippen LogP contribution is 2.39. The van der Waals surface area contributed by atoms with Crippen molar-refractivity contribution in [1.82, 2.24) is 9.88 Å². The van der Waals surface area contributed by atoms with Crippen molar-refractivity contribution >= 4 is 11.5 Å². The summed E-state index contributed by atoms with van der Waals surface area (Å²) in [4.78, 5) is 12.4. The zero-order valence-corrected chi connectivity index (χ0v) is 17.9. The van der Waals surface area contributed by atoms with Gasteiger partial charge in [0.25, 0.3) is 0 Å². The SMILES string of the molecule is N#Cc1nc(N2CCOCC2)c(N2CCOCC2)c2c1CN(C1CCCCC1)CC2. The molecule has 30 heavy (non-hydrogen) atoms.